The van der Waals surface area contributed by atoms with Crippen molar-refractivity contribution < 1.29 is 0 Å². The minimum Gasteiger partial charge on any atom is -0.310 e. The van der Waals surface area contributed by atoms with Gasteiger partial charge in [-0.3, -0.25) is 4.98 Å². The summed E-state index contributed by atoms with van der Waals surface area (Å²) in [5, 5.41) is 3.44. The van der Waals surface area contributed by atoms with Gasteiger partial charge in [-0.15, -0.1) is 0 Å². The lowest BCUT2D eigenvalue weighted by atomic mass is 10.0. The standard InChI is InChI=1S/C16H20N2/c1-12(2)18-11-14-5-4-6-15(9-14)16-7-8-17-10-13(16)3/h4-10,12,18H,11H2,1-3H3. The van der Waals surface area contributed by atoms with Crippen LogP contribution in [0.4, 0.5) is 0 Å². The maximum absolute atomic E-state index is 4.14. The van der Waals surface area contributed by atoms with Crippen LogP contribution in [0.1, 0.15) is 25.0 Å². The van der Waals surface area contributed by atoms with Crippen molar-refractivity contribution >= 4 is 0 Å². The maximum Gasteiger partial charge on any atom is 0.0303 e. The van der Waals surface area contributed by atoms with Gasteiger partial charge in [-0.2, -0.15) is 0 Å². The fourth-order valence-electron chi connectivity index (χ4n) is 1.97. The SMILES string of the molecule is Cc1cnccc1-c1cccc(CNC(C)C)c1. The maximum atomic E-state index is 4.14. The summed E-state index contributed by atoms with van der Waals surface area (Å²) >= 11 is 0. The monoisotopic (exact) mass is 240 g/mol. The molecule has 2 aromatic rings. The molecule has 2 nitrogen and oxygen atoms in total. The average Bonchev–Trinajstić information content (AvgIpc) is 2.37. The van der Waals surface area contributed by atoms with Crippen LogP contribution in [-0.4, -0.2) is 11.0 Å². The summed E-state index contributed by atoms with van der Waals surface area (Å²) in [7, 11) is 0. The molecule has 0 spiro atoms. The van der Waals surface area contributed by atoms with Crippen LogP contribution >= 0.6 is 0 Å². The van der Waals surface area contributed by atoms with E-state index in [1.165, 1.54) is 22.3 Å². The lowest BCUT2D eigenvalue weighted by Gasteiger charge is -2.10. The summed E-state index contributed by atoms with van der Waals surface area (Å²) in [6, 6.07) is 11.3. The number of benzene rings is 1. The van der Waals surface area contributed by atoms with E-state index >= 15 is 0 Å². The second-order valence-corrected chi connectivity index (χ2v) is 4.93. The summed E-state index contributed by atoms with van der Waals surface area (Å²) in [5.41, 5.74) is 5.05. The zero-order valence-electron chi connectivity index (χ0n) is 11.3. The number of pyridine rings is 1. The highest BCUT2D eigenvalue weighted by atomic mass is 14.9. The second-order valence-electron chi connectivity index (χ2n) is 4.93. The molecule has 1 aromatic heterocycles. The van der Waals surface area contributed by atoms with Crippen LogP contribution in [0.25, 0.3) is 11.1 Å². The third-order valence-electron chi connectivity index (χ3n) is 2.97. The zero-order valence-corrected chi connectivity index (χ0v) is 11.3. The van der Waals surface area contributed by atoms with Gasteiger partial charge in [0.25, 0.3) is 0 Å². The van der Waals surface area contributed by atoms with Crippen molar-refractivity contribution in [3.63, 3.8) is 0 Å². The third-order valence-corrected chi connectivity index (χ3v) is 2.97. The van der Waals surface area contributed by atoms with Crippen molar-refractivity contribution in [1.29, 1.82) is 0 Å². The number of nitrogens with one attached hydrogen (secondary N) is 1. The molecule has 18 heavy (non-hydrogen) atoms. The Balaban J connectivity index is 2.25. The largest absolute Gasteiger partial charge is 0.310 e. The van der Waals surface area contributed by atoms with E-state index in [2.05, 4.69) is 61.4 Å². The Morgan fingerprint density at radius 2 is 2.06 bits per heavy atom. The molecular formula is C16H20N2. The average molecular weight is 240 g/mol. The molecule has 0 amide bonds. The Morgan fingerprint density at radius 1 is 1.22 bits per heavy atom. The Morgan fingerprint density at radius 3 is 2.78 bits per heavy atom. The molecule has 0 unspecified atom stereocenters. The predicted molar refractivity (Wildman–Crippen MR) is 76.4 cm³/mol. The van der Waals surface area contributed by atoms with Crippen LogP contribution in [0.5, 0.6) is 0 Å². The van der Waals surface area contributed by atoms with E-state index in [0.29, 0.717) is 6.04 Å². The fourth-order valence-corrected chi connectivity index (χ4v) is 1.97. The highest BCUT2D eigenvalue weighted by molar-refractivity contribution is 5.66. The number of nitrogens with zero attached hydrogens (tertiary/aromatic N) is 1. The lowest BCUT2D eigenvalue weighted by molar-refractivity contribution is 0.589. The van der Waals surface area contributed by atoms with Gasteiger partial charge in [0.05, 0.1) is 0 Å². The highest BCUT2D eigenvalue weighted by Crippen LogP contribution is 2.23. The van der Waals surface area contributed by atoms with Crippen molar-refractivity contribution in [3.8, 4) is 11.1 Å². The van der Waals surface area contributed by atoms with E-state index in [0.717, 1.165) is 6.54 Å². The van der Waals surface area contributed by atoms with Gasteiger partial charge in [0.15, 0.2) is 0 Å². The summed E-state index contributed by atoms with van der Waals surface area (Å²) in [6.45, 7) is 7.34. The molecule has 1 aromatic carbocycles. The van der Waals surface area contributed by atoms with Crippen molar-refractivity contribution in [3.05, 3.63) is 53.9 Å². The van der Waals surface area contributed by atoms with Crippen LogP contribution in [0.15, 0.2) is 42.7 Å². The van der Waals surface area contributed by atoms with Gasteiger partial charge in [0, 0.05) is 25.0 Å². The summed E-state index contributed by atoms with van der Waals surface area (Å²) in [6.07, 6.45) is 3.76. The van der Waals surface area contributed by atoms with E-state index in [9.17, 15) is 0 Å². The summed E-state index contributed by atoms with van der Waals surface area (Å²) in [4.78, 5) is 4.14. The molecule has 0 fully saturated rings. The Kier molecular flexibility index (Phi) is 4.11. The van der Waals surface area contributed by atoms with Gasteiger partial charge in [0.1, 0.15) is 0 Å². The molecule has 1 heterocycles. The molecule has 0 aliphatic carbocycles. The quantitative estimate of drug-likeness (QED) is 0.884. The van der Waals surface area contributed by atoms with Crippen molar-refractivity contribution in [2.24, 2.45) is 0 Å². The number of aromatic nitrogens is 1. The third kappa shape index (κ3) is 3.17. The smallest absolute Gasteiger partial charge is 0.0303 e. The first-order valence-corrected chi connectivity index (χ1v) is 6.40. The van der Waals surface area contributed by atoms with Gasteiger partial charge in [-0.1, -0.05) is 32.0 Å². The topological polar surface area (TPSA) is 24.9 Å². The molecule has 0 aliphatic heterocycles. The molecule has 2 heteroatoms. The number of hydrogen-bond acceptors (Lipinski definition) is 2. The van der Waals surface area contributed by atoms with Crippen LogP contribution in [0, 0.1) is 6.92 Å². The van der Waals surface area contributed by atoms with Gasteiger partial charge in [-0.25, -0.2) is 0 Å². The Labute approximate surface area is 109 Å². The zero-order chi connectivity index (χ0) is 13.0. The van der Waals surface area contributed by atoms with Gasteiger partial charge in [-0.05, 0) is 41.3 Å². The molecule has 0 bridgehead atoms. The highest BCUT2D eigenvalue weighted by Gasteiger charge is 2.02. The van der Waals surface area contributed by atoms with E-state index in [4.69, 9.17) is 0 Å². The minimum atomic E-state index is 0.510. The van der Waals surface area contributed by atoms with E-state index in [-0.39, 0.29) is 0 Å². The molecule has 0 saturated carbocycles. The number of rotatable bonds is 4. The number of hydrogen-bond donors (Lipinski definition) is 1. The van der Waals surface area contributed by atoms with E-state index < -0.39 is 0 Å². The van der Waals surface area contributed by atoms with Crippen molar-refractivity contribution in [1.82, 2.24) is 10.3 Å². The first-order chi connectivity index (χ1) is 8.66. The van der Waals surface area contributed by atoms with Crippen molar-refractivity contribution in [2.75, 3.05) is 0 Å². The van der Waals surface area contributed by atoms with Crippen LogP contribution in [0.2, 0.25) is 0 Å². The van der Waals surface area contributed by atoms with Gasteiger partial charge < -0.3 is 5.32 Å². The molecule has 0 aliphatic rings. The minimum absolute atomic E-state index is 0.510. The molecule has 94 valence electrons. The molecule has 0 radical (unpaired) electrons. The molecule has 0 saturated heterocycles. The van der Waals surface area contributed by atoms with Gasteiger partial charge >= 0.3 is 0 Å². The van der Waals surface area contributed by atoms with Crippen molar-refractivity contribution in [2.45, 2.75) is 33.4 Å². The Hall–Kier alpha value is -1.67. The fraction of sp³-hybridized carbons (Fsp3) is 0.312. The predicted octanol–water partition coefficient (Wildman–Crippen LogP) is 3.56. The van der Waals surface area contributed by atoms with E-state index in [1.807, 2.05) is 12.4 Å². The molecule has 2 rings (SSSR count). The second kappa shape index (κ2) is 5.78. The van der Waals surface area contributed by atoms with Crippen LogP contribution < -0.4 is 5.32 Å². The first kappa shape index (κ1) is 12.8. The molecule has 1 N–H and O–H groups in total. The number of aryl methyl sites for hydroxylation is 1. The lowest BCUT2D eigenvalue weighted by Crippen LogP contribution is -2.21. The van der Waals surface area contributed by atoms with Crippen LogP contribution in [-0.2, 0) is 6.54 Å². The first-order valence-electron chi connectivity index (χ1n) is 6.40. The Bertz CT molecular complexity index is 518. The van der Waals surface area contributed by atoms with Gasteiger partial charge in [0.2, 0.25) is 0 Å². The molecule has 0 atom stereocenters. The normalized spacial score (nSPS) is 10.9. The molecular weight excluding hydrogens is 220 g/mol. The van der Waals surface area contributed by atoms with Crippen LogP contribution in [0.3, 0.4) is 0 Å². The van der Waals surface area contributed by atoms with E-state index in [1.54, 1.807) is 0 Å². The summed E-state index contributed by atoms with van der Waals surface area (Å²) < 4.78 is 0. The summed E-state index contributed by atoms with van der Waals surface area (Å²) in [5.74, 6) is 0.